The second kappa shape index (κ2) is 6.68. The standard InChI is InChI=1S/C15H17N3O2/c1-20-14-7-3-2-6-13(14)18(10-8-16)15(19)12-5-4-9-17-11-12/h2-7,9,11H,8,10,16H2,1H3. The molecule has 0 aliphatic heterocycles. The molecule has 2 rings (SSSR count). The largest absolute Gasteiger partial charge is 0.495 e. The van der Waals surface area contributed by atoms with Crippen LogP contribution in [0, 0.1) is 0 Å². The molecule has 0 saturated heterocycles. The Hall–Kier alpha value is -2.40. The van der Waals surface area contributed by atoms with Crippen molar-refractivity contribution in [2.24, 2.45) is 5.73 Å². The van der Waals surface area contributed by atoms with Crippen LogP contribution in [-0.2, 0) is 0 Å². The number of anilines is 1. The van der Waals surface area contributed by atoms with E-state index < -0.39 is 0 Å². The van der Waals surface area contributed by atoms with Crippen LogP contribution in [0.2, 0.25) is 0 Å². The average Bonchev–Trinajstić information content (AvgIpc) is 2.53. The van der Waals surface area contributed by atoms with Crippen LogP contribution in [0.1, 0.15) is 10.4 Å². The van der Waals surface area contributed by atoms with Crippen molar-refractivity contribution in [1.29, 1.82) is 0 Å². The molecular formula is C15H17N3O2. The molecule has 104 valence electrons. The van der Waals surface area contributed by atoms with Crippen LogP contribution < -0.4 is 15.4 Å². The zero-order valence-electron chi connectivity index (χ0n) is 11.3. The van der Waals surface area contributed by atoms with E-state index in [-0.39, 0.29) is 5.91 Å². The van der Waals surface area contributed by atoms with Crippen molar-refractivity contribution in [3.05, 3.63) is 54.4 Å². The second-order valence-corrected chi connectivity index (χ2v) is 4.16. The molecule has 0 aliphatic rings. The normalized spacial score (nSPS) is 10.1. The summed E-state index contributed by atoms with van der Waals surface area (Å²) in [5.41, 5.74) is 6.85. The number of rotatable bonds is 5. The topological polar surface area (TPSA) is 68.5 Å². The molecule has 0 spiro atoms. The lowest BCUT2D eigenvalue weighted by molar-refractivity contribution is 0.0986. The highest BCUT2D eigenvalue weighted by atomic mass is 16.5. The Kier molecular flexibility index (Phi) is 4.68. The average molecular weight is 271 g/mol. The molecule has 5 nitrogen and oxygen atoms in total. The Balaban J connectivity index is 2.38. The van der Waals surface area contributed by atoms with Gasteiger partial charge >= 0.3 is 0 Å². The summed E-state index contributed by atoms with van der Waals surface area (Å²) in [6.07, 6.45) is 3.18. The highest BCUT2D eigenvalue weighted by Crippen LogP contribution is 2.28. The van der Waals surface area contributed by atoms with E-state index in [2.05, 4.69) is 4.98 Å². The van der Waals surface area contributed by atoms with E-state index >= 15 is 0 Å². The maximum atomic E-state index is 12.6. The number of methoxy groups -OCH3 is 1. The van der Waals surface area contributed by atoms with E-state index in [4.69, 9.17) is 10.5 Å². The maximum Gasteiger partial charge on any atom is 0.259 e. The molecule has 2 N–H and O–H groups in total. The van der Waals surface area contributed by atoms with E-state index in [1.807, 2.05) is 24.3 Å². The third-order valence-corrected chi connectivity index (χ3v) is 2.88. The summed E-state index contributed by atoms with van der Waals surface area (Å²) >= 11 is 0. The number of aromatic nitrogens is 1. The fraction of sp³-hybridized carbons (Fsp3) is 0.200. The summed E-state index contributed by atoms with van der Waals surface area (Å²) in [5, 5.41) is 0. The van der Waals surface area contributed by atoms with Gasteiger partial charge in [0.25, 0.3) is 5.91 Å². The second-order valence-electron chi connectivity index (χ2n) is 4.16. The van der Waals surface area contributed by atoms with Gasteiger partial charge in [-0.3, -0.25) is 9.78 Å². The predicted molar refractivity (Wildman–Crippen MR) is 78.0 cm³/mol. The first kappa shape index (κ1) is 14.0. The van der Waals surface area contributed by atoms with Crippen molar-refractivity contribution in [3.63, 3.8) is 0 Å². The molecule has 20 heavy (non-hydrogen) atoms. The molecule has 2 aromatic rings. The fourth-order valence-corrected chi connectivity index (χ4v) is 1.96. The van der Waals surface area contributed by atoms with Crippen molar-refractivity contribution in [2.75, 3.05) is 25.1 Å². The number of nitrogens with two attached hydrogens (primary N) is 1. The Morgan fingerprint density at radius 2 is 2.10 bits per heavy atom. The summed E-state index contributed by atoms with van der Waals surface area (Å²) in [4.78, 5) is 18.2. The quantitative estimate of drug-likeness (QED) is 0.898. The highest BCUT2D eigenvalue weighted by Gasteiger charge is 2.20. The van der Waals surface area contributed by atoms with Crippen LogP contribution in [0.3, 0.4) is 0 Å². The van der Waals surface area contributed by atoms with E-state index in [1.165, 1.54) is 0 Å². The van der Waals surface area contributed by atoms with E-state index in [0.717, 1.165) is 0 Å². The number of carbonyl (C=O) groups excluding carboxylic acids is 1. The highest BCUT2D eigenvalue weighted by molar-refractivity contribution is 6.06. The monoisotopic (exact) mass is 271 g/mol. The summed E-state index contributed by atoms with van der Waals surface area (Å²) < 4.78 is 5.31. The molecule has 1 aromatic heterocycles. The lowest BCUT2D eigenvalue weighted by Gasteiger charge is -2.24. The van der Waals surface area contributed by atoms with Gasteiger partial charge in [0.15, 0.2) is 0 Å². The number of nitrogens with zero attached hydrogens (tertiary/aromatic N) is 2. The summed E-state index contributed by atoms with van der Waals surface area (Å²) in [5.74, 6) is 0.492. The van der Waals surface area contributed by atoms with Gasteiger partial charge in [-0.1, -0.05) is 12.1 Å². The summed E-state index contributed by atoms with van der Waals surface area (Å²) in [7, 11) is 1.58. The van der Waals surface area contributed by atoms with E-state index in [9.17, 15) is 4.79 Å². The summed E-state index contributed by atoms with van der Waals surface area (Å²) in [6, 6.07) is 10.8. The van der Waals surface area contributed by atoms with Crippen molar-refractivity contribution in [1.82, 2.24) is 4.98 Å². The number of ether oxygens (including phenoxy) is 1. The predicted octanol–water partition coefficient (Wildman–Crippen LogP) is 1.70. The Morgan fingerprint density at radius 1 is 1.30 bits per heavy atom. The fourth-order valence-electron chi connectivity index (χ4n) is 1.96. The van der Waals surface area contributed by atoms with Gasteiger partial charge in [0.1, 0.15) is 5.75 Å². The van der Waals surface area contributed by atoms with Crippen molar-refractivity contribution >= 4 is 11.6 Å². The van der Waals surface area contributed by atoms with Gasteiger partial charge in [0.2, 0.25) is 0 Å². The Labute approximate surface area is 118 Å². The zero-order chi connectivity index (χ0) is 14.4. The van der Waals surface area contributed by atoms with Gasteiger partial charge in [-0.2, -0.15) is 0 Å². The molecule has 1 heterocycles. The molecule has 5 heteroatoms. The lowest BCUT2D eigenvalue weighted by Crippen LogP contribution is -2.35. The number of pyridine rings is 1. The van der Waals surface area contributed by atoms with Crippen LogP contribution in [0.4, 0.5) is 5.69 Å². The molecule has 0 unspecified atom stereocenters. The van der Waals surface area contributed by atoms with Crippen molar-refractivity contribution in [3.8, 4) is 5.75 Å². The van der Waals surface area contributed by atoms with Crippen LogP contribution >= 0.6 is 0 Å². The molecule has 0 bridgehead atoms. The van der Waals surface area contributed by atoms with Crippen LogP contribution in [0.15, 0.2) is 48.8 Å². The van der Waals surface area contributed by atoms with Crippen LogP contribution in [-0.4, -0.2) is 31.1 Å². The number of benzene rings is 1. The minimum atomic E-state index is -0.145. The third kappa shape index (κ3) is 2.95. The molecule has 0 aliphatic carbocycles. The van der Waals surface area contributed by atoms with Crippen LogP contribution in [0.25, 0.3) is 0 Å². The molecule has 0 fully saturated rings. The minimum Gasteiger partial charge on any atom is -0.495 e. The molecule has 1 amide bonds. The zero-order valence-corrected chi connectivity index (χ0v) is 11.3. The van der Waals surface area contributed by atoms with E-state index in [0.29, 0.717) is 30.1 Å². The third-order valence-electron chi connectivity index (χ3n) is 2.88. The van der Waals surface area contributed by atoms with Gasteiger partial charge in [-0.25, -0.2) is 0 Å². The number of para-hydroxylation sites is 2. The van der Waals surface area contributed by atoms with E-state index in [1.54, 1.807) is 36.5 Å². The van der Waals surface area contributed by atoms with Gasteiger partial charge in [0.05, 0.1) is 18.4 Å². The van der Waals surface area contributed by atoms with Gasteiger partial charge in [0, 0.05) is 25.5 Å². The Bertz CT molecular complexity index is 572. The molecular weight excluding hydrogens is 254 g/mol. The molecule has 1 aromatic carbocycles. The number of amides is 1. The van der Waals surface area contributed by atoms with Gasteiger partial charge in [-0.15, -0.1) is 0 Å². The molecule has 0 atom stereocenters. The first-order chi connectivity index (χ1) is 9.77. The minimum absolute atomic E-state index is 0.145. The molecule has 0 saturated carbocycles. The maximum absolute atomic E-state index is 12.6. The molecule has 0 radical (unpaired) electrons. The van der Waals surface area contributed by atoms with Crippen LogP contribution in [0.5, 0.6) is 5.75 Å². The number of hydrogen-bond acceptors (Lipinski definition) is 4. The van der Waals surface area contributed by atoms with Gasteiger partial charge in [-0.05, 0) is 24.3 Å². The van der Waals surface area contributed by atoms with Crippen molar-refractivity contribution < 1.29 is 9.53 Å². The number of carbonyl (C=O) groups is 1. The Morgan fingerprint density at radius 3 is 2.75 bits per heavy atom. The SMILES string of the molecule is COc1ccccc1N(CCN)C(=O)c1cccnc1. The van der Waals surface area contributed by atoms with Gasteiger partial charge < -0.3 is 15.4 Å². The number of hydrogen-bond donors (Lipinski definition) is 1. The lowest BCUT2D eigenvalue weighted by atomic mass is 10.2. The van der Waals surface area contributed by atoms with Crippen molar-refractivity contribution in [2.45, 2.75) is 0 Å². The summed E-state index contributed by atoms with van der Waals surface area (Å²) in [6.45, 7) is 0.776. The smallest absolute Gasteiger partial charge is 0.259 e. The first-order valence-corrected chi connectivity index (χ1v) is 6.33. The first-order valence-electron chi connectivity index (χ1n) is 6.33.